The second kappa shape index (κ2) is 14.0. The molecule has 0 radical (unpaired) electrons. The van der Waals surface area contributed by atoms with Gasteiger partial charge in [0.15, 0.2) is 23.7 Å². The lowest BCUT2D eigenvalue weighted by Crippen LogP contribution is -2.29. The Kier molecular flexibility index (Phi) is 10.2. The topological polar surface area (TPSA) is 27.7 Å². The molecule has 0 saturated carbocycles. The van der Waals surface area contributed by atoms with Crippen LogP contribution >= 0.6 is 11.8 Å². The van der Waals surface area contributed by atoms with Gasteiger partial charge in [0.05, 0.1) is 18.5 Å². The molecular formula is C33H25F9O3S. The quantitative estimate of drug-likeness (QED) is 0.0953. The van der Waals surface area contributed by atoms with Crippen LogP contribution in [0.2, 0.25) is 0 Å². The first-order valence-electron chi connectivity index (χ1n) is 14.0. The monoisotopic (exact) mass is 672 g/mol. The molecule has 0 N–H and O–H groups in total. The van der Waals surface area contributed by atoms with Crippen molar-refractivity contribution in [2.45, 2.75) is 37.4 Å². The lowest BCUT2D eigenvalue weighted by atomic mass is 10.00. The molecule has 0 aromatic heterocycles. The molecule has 3 nitrogen and oxygen atoms in total. The van der Waals surface area contributed by atoms with E-state index >= 15 is 4.39 Å². The second-order valence-corrected chi connectivity index (χ2v) is 11.8. The molecule has 5 rings (SSSR count). The predicted octanol–water partition coefficient (Wildman–Crippen LogP) is 10.1. The first-order chi connectivity index (χ1) is 21.9. The van der Waals surface area contributed by atoms with Gasteiger partial charge in [0.25, 0.3) is 0 Å². The summed E-state index contributed by atoms with van der Waals surface area (Å²) in [5.74, 6) is -10.7. The van der Waals surface area contributed by atoms with E-state index in [1.807, 2.05) is 0 Å². The van der Waals surface area contributed by atoms with Crippen molar-refractivity contribution in [3.8, 4) is 28.0 Å². The van der Waals surface area contributed by atoms with Crippen LogP contribution in [0.4, 0.5) is 39.5 Å². The third-order valence-corrected chi connectivity index (χ3v) is 8.38. The first-order valence-corrected chi connectivity index (χ1v) is 15.1. The number of hydrogen-bond acceptors (Lipinski definition) is 4. The van der Waals surface area contributed by atoms with Crippen molar-refractivity contribution in [2.75, 3.05) is 19.0 Å². The van der Waals surface area contributed by atoms with E-state index in [1.165, 1.54) is 12.1 Å². The largest absolute Gasteiger partial charge is 0.432 e. The van der Waals surface area contributed by atoms with Gasteiger partial charge < -0.3 is 14.2 Å². The zero-order valence-corrected chi connectivity index (χ0v) is 24.8. The molecule has 46 heavy (non-hydrogen) atoms. The molecule has 0 spiro atoms. The molecule has 13 heteroatoms. The van der Waals surface area contributed by atoms with Crippen molar-refractivity contribution in [2.24, 2.45) is 0 Å². The van der Waals surface area contributed by atoms with E-state index in [1.54, 1.807) is 11.8 Å². The Bertz CT molecular complexity index is 1680. The maximum atomic E-state index is 15.1. The van der Waals surface area contributed by atoms with Gasteiger partial charge in [-0.3, -0.25) is 0 Å². The molecule has 1 aliphatic heterocycles. The number of thioether (sulfide) groups is 1. The highest BCUT2D eigenvalue weighted by Gasteiger charge is 2.41. The summed E-state index contributed by atoms with van der Waals surface area (Å²) in [7, 11) is 0. The third-order valence-electron chi connectivity index (χ3n) is 7.11. The zero-order chi connectivity index (χ0) is 33.2. The molecule has 0 atom stereocenters. The summed E-state index contributed by atoms with van der Waals surface area (Å²) in [5.41, 5.74) is -3.10. The summed E-state index contributed by atoms with van der Waals surface area (Å²) in [5, 5.41) is 0.134. The van der Waals surface area contributed by atoms with Crippen LogP contribution in [0.1, 0.15) is 37.2 Å². The van der Waals surface area contributed by atoms with Crippen LogP contribution in [0, 0.1) is 40.7 Å². The van der Waals surface area contributed by atoms with E-state index in [2.05, 4.69) is 11.7 Å². The van der Waals surface area contributed by atoms with Gasteiger partial charge in [0.1, 0.15) is 34.6 Å². The summed E-state index contributed by atoms with van der Waals surface area (Å²) < 4.78 is 146. The van der Waals surface area contributed by atoms with Crippen molar-refractivity contribution < 1.29 is 53.7 Å². The normalized spacial score (nSPS) is 16.9. The van der Waals surface area contributed by atoms with E-state index in [0.29, 0.717) is 49.1 Å². The zero-order valence-electron chi connectivity index (χ0n) is 24.0. The SMILES string of the molecule is CCCCSC1COC(c2ccc(-c3cc(F)c(C(F)(F)Oc4ccc(-c5cc(F)c(F)c(F)c5)c(F)c4)c(F)c3)c(F)c2)OC1. The van der Waals surface area contributed by atoms with Gasteiger partial charge in [0, 0.05) is 22.8 Å². The van der Waals surface area contributed by atoms with Gasteiger partial charge in [-0.2, -0.15) is 20.5 Å². The fraction of sp³-hybridized carbons (Fsp3) is 0.273. The van der Waals surface area contributed by atoms with Crippen molar-refractivity contribution in [1.29, 1.82) is 0 Å². The second-order valence-electron chi connectivity index (χ2n) is 10.4. The maximum absolute atomic E-state index is 15.1. The maximum Gasteiger partial charge on any atom is 0.432 e. The van der Waals surface area contributed by atoms with Gasteiger partial charge in [-0.05, 0) is 65.8 Å². The van der Waals surface area contributed by atoms with Crippen LogP contribution in [-0.4, -0.2) is 24.2 Å². The van der Waals surface area contributed by atoms with Crippen LogP contribution < -0.4 is 4.74 Å². The Labute approximate surface area is 262 Å². The molecule has 0 aliphatic carbocycles. The Balaban J connectivity index is 1.31. The number of benzene rings is 4. The fourth-order valence-electron chi connectivity index (χ4n) is 4.79. The highest BCUT2D eigenvalue weighted by molar-refractivity contribution is 7.99. The lowest BCUT2D eigenvalue weighted by molar-refractivity contribution is -0.189. The third kappa shape index (κ3) is 7.31. The van der Waals surface area contributed by atoms with Gasteiger partial charge in [0.2, 0.25) is 0 Å². The minimum Gasteiger partial charge on any atom is -0.429 e. The van der Waals surface area contributed by atoms with Crippen LogP contribution in [0.5, 0.6) is 5.75 Å². The Morgan fingerprint density at radius 1 is 0.717 bits per heavy atom. The summed E-state index contributed by atoms with van der Waals surface area (Å²) in [6.07, 6.45) is -3.41. The summed E-state index contributed by atoms with van der Waals surface area (Å²) in [6.45, 7) is 2.87. The van der Waals surface area contributed by atoms with Crippen molar-refractivity contribution >= 4 is 11.8 Å². The molecule has 0 amide bonds. The summed E-state index contributed by atoms with van der Waals surface area (Å²) in [6, 6.07) is 7.68. The average Bonchev–Trinajstić information content (AvgIpc) is 2.99. The van der Waals surface area contributed by atoms with E-state index < -0.39 is 75.6 Å². The highest BCUT2D eigenvalue weighted by atomic mass is 32.2. The Morgan fingerprint density at radius 2 is 1.26 bits per heavy atom. The van der Waals surface area contributed by atoms with E-state index in [9.17, 15) is 35.1 Å². The predicted molar refractivity (Wildman–Crippen MR) is 154 cm³/mol. The molecule has 1 aliphatic rings. The minimum absolute atomic E-state index is 0.134. The molecular weight excluding hydrogens is 647 g/mol. The van der Waals surface area contributed by atoms with Crippen molar-refractivity contribution in [3.63, 3.8) is 0 Å². The van der Waals surface area contributed by atoms with Gasteiger partial charge in [-0.25, -0.2) is 30.7 Å². The summed E-state index contributed by atoms with van der Waals surface area (Å²) in [4.78, 5) is 0. The lowest BCUT2D eigenvalue weighted by Gasteiger charge is -2.29. The van der Waals surface area contributed by atoms with Crippen molar-refractivity contribution in [1.82, 2.24) is 0 Å². The molecule has 1 fully saturated rings. The van der Waals surface area contributed by atoms with Crippen LogP contribution in [0.3, 0.4) is 0 Å². The number of unbranched alkanes of at least 4 members (excludes halogenated alkanes) is 1. The van der Waals surface area contributed by atoms with Gasteiger partial charge >= 0.3 is 6.11 Å². The van der Waals surface area contributed by atoms with E-state index in [0.717, 1.165) is 36.8 Å². The van der Waals surface area contributed by atoms with Crippen LogP contribution in [0.25, 0.3) is 22.3 Å². The standard InChI is InChI=1S/C33H25F9O3S/c1-2-3-8-46-21-15-43-32(44-16-21)17-4-6-22(24(34)9-17)18-10-26(36)30(27(37)11-18)33(41,42)45-20-5-7-23(25(35)14-20)19-12-28(38)31(40)29(39)13-19/h4-7,9-14,21,32H,2-3,8,15-16H2,1H3. The first kappa shape index (κ1) is 33.7. The van der Waals surface area contributed by atoms with Gasteiger partial charge in [-0.1, -0.05) is 25.5 Å². The number of hydrogen-bond donors (Lipinski definition) is 0. The molecule has 1 saturated heterocycles. The molecule has 244 valence electrons. The molecule has 1 heterocycles. The summed E-state index contributed by atoms with van der Waals surface area (Å²) >= 11 is 1.72. The highest BCUT2D eigenvalue weighted by Crippen LogP contribution is 2.39. The molecule has 0 bridgehead atoms. The number of alkyl halides is 2. The molecule has 0 unspecified atom stereocenters. The fourth-order valence-corrected chi connectivity index (χ4v) is 5.93. The van der Waals surface area contributed by atoms with Crippen LogP contribution in [-0.2, 0) is 15.6 Å². The number of rotatable bonds is 10. The van der Waals surface area contributed by atoms with E-state index in [-0.39, 0.29) is 16.4 Å². The molecule has 4 aromatic rings. The van der Waals surface area contributed by atoms with Crippen LogP contribution in [0.15, 0.2) is 60.7 Å². The van der Waals surface area contributed by atoms with E-state index in [4.69, 9.17) is 9.47 Å². The smallest absolute Gasteiger partial charge is 0.429 e. The number of ether oxygens (including phenoxy) is 3. The van der Waals surface area contributed by atoms with Crippen molar-refractivity contribution in [3.05, 3.63) is 113 Å². The average molecular weight is 673 g/mol. The number of halogens is 9. The Hall–Kier alpha value is -3.68. The minimum atomic E-state index is -4.68. The Morgan fingerprint density at radius 3 is 1.80 bits per heavy atom. The van der Waals surface area contributed by atoms with Gasteiger partial charge in [-0.15, -0.1) is 0 Å². The molecule has 4 aromatic carbocycles.